The van der Waals surface area contributed by atoms with Crippen LogP contribution in [-0.4, -0.2) is 30.2 Å². The molecule has 1 aliphatic rings. The molecule has 0 unspecified atom stereocenters. The zero-order chi connectivity index (χ0) is 21.0. The van der Waals surface area contributed by atoms with Crippen LogP contribution in [0.4, 0.5) is 5.00 Å². The van der Waals surface area contributed by atoms with Crippen LogP contribution < -0.4 is 15.4 Å². The number of fused-ring (bicyclic) bond motifs is 1. The molecule has 2 aromatic rings. The summed E-state index contributed by atoms with van der Waals surface area (Å²) in [4.78, 5) is 26.3. The van der Waals surface area contributed by atoms with Gasteiger partial charge in [0.1, 0.15) is 10.8 Å². The van der Waals surface area contributed by atoms with Gasteiger partial charge in [-0.2, -0.15) is 0 Å². The number of nitrogens with one attached hydrogen (secondary N) is 2. The predicted octanol–water partition coefficient (Wildman–Crippen LogP) is 4.70. The summed E-state index contributed by atoms with van der Waals surface area (Å²) in [5, 5.41) is 6.40. The summed E-state index contributed by atoms with van der Waals surface area (Å²) in [6.07, 6.45) is 2.80. The minimum Gasteiger partial charge on any atom is -0.493 e. The highest BCUT2D eigenvalue weighted by Gasteiger charge is 2.28. The monoisotopic (exact) mass is 496 g/mol. The Morgan fingerprint density at radius 1 is 1.24 bits per heavy atom. The molecule has 9 heteroatoms. The van der Waals surface area contributed by atoms with E-state index in [0.29, 0.717) is 35.1 Å². The number of aryl methyl sites for hydroxylation is 1. The van der Waals surface area contributed by atoms with Crippen molar-refractivity contribution >= 4 is 61.5 Å². The summed E-state index contributed by atoms with van der Waals surface area (Å²) in [6.45, 7) is 4.36. The van der Waals surface area contributed by atoms with Crippen LogP contribution in [-0.2, 0) is 17.6 Å². The van der Waals surface area contributed by atoms with Gasteiger partial charge >= 0.3 is 5.97 Å². The summed E-state index contributed by atoms with van der Waals surface area (Å²) in [5.41, 5.74) is 1.92. The quantitative estimate of drug-likeness (QED) is 0.445. The number of rotatable bonds is 6. The summed E-state index contributed by atoms with van der Waals surface area (Å²) >= 11 is 10.2. The third-order valence-electron chi connectivity index (χ3n) is 4.34. The van der Waals surface area contributed by atoms with Gasteiger partial charge in [0.05, 0.1) is 24.3 Å². The maximum atomic E-state index is 12.7. The number of thiophene rings is 1. The van der Waals surface area contributed by atoms with E-state index in [1.165, 1.54) is 11.3 Å². The van der Waals surface area contributed by atoms with E-state index in [1.54, 1.807) is 25.1 Å². The van der Waals surface area contributed by atoms with Gasteiger partial charge < -0.3 is 14.8 Å². The first-order chi connectivity index (χ1) is 13.9. The van der Waals surface area contributed by atoms with Crippen molar-refractivity contribution in [3.63, 3.8) is 0 Å². The standard InChI is InChI=1S/C20H21BrN2O4S2/c1-3-26-14-9-8-11(21)10-13(14)17(24)22-20(28)23-18-16(19(25)27-4-2)12-6-5-7-15(12)29-18/h8-10H,3-7H2,1-2H3,(H2,22,23,24,28). The predicted molar refractivity (Wildman–Crippen MR) is 121 cm³/mol. The molecule has 1 aromatic heterocycles. The van der Waals surface area contributed by atoms with Crippen molar-refractivity contribution < 1.29 is 19.1 Å². The van der Waals surface area contributed by atoms with Gasteiger partial charge in [-0.15, -0.1) is 11.3 Å². The van der Waals surface area contributed by atoms with Crippen LogP contribution >= 0.6 is 39.5 Å². The number of carbonyl (C=O) groups is 2. The molecule has 1 heterocycles. The van der Waals surface area contributed by atoms with E-state index in [2.05, 4.69) is 26.6 Å². The van der Waals surface area contributed by atoms with Crippen LogP contribution in [0.25, 0.3) is 0 Å². The Kier molecular flexibility index (Phi) is 7.26. The molecule has 0 atom stereocenters. The topological polar surface area (TPSA) is 76.7 Å². The van der Waals surface area contributed by atoms with Crippen LogP contribution in [0.2, 0.25) is 0 Å². The lowest BCUT2D eigenvalue weighted by atomic mass is 10.1. The number of halogens is 1. The number of thiocarbonyl (C=S) groups is 1. The van der Waals surface area contributed by atoms with Crippen molar-refractivity contribution in [1.29, 1.82) is 0 Å². The molecule has 0 saturated carbocycles. The molecule has 3 rings (SSSR count). The average molecular weight is 497 g/mol. The summed E-state index contributed by atoms with van der Waals surface area (Å²) < 4.78 is 11.5. The zero-order valence-electron chi connectivity index (χ0n) is 16.1. The number of amides is 1. The number of carbonyl (C=O) groups excluding carboxylic acids is 2. The molecule has 0 bridgehead atoms. The normalized spacial score (nSPS) is 12.2. The fraction of sp³-hybridized carbons (Fsp3) is 0.350. The molecule has 1 aliphatic carbocycles. The van der Waals surface area contributed by atoms with Crippen LogP contribution in [0.3, 0.4) is 0 Å². The Labute approximate surface area is 187 Å². The van der Waals surface area contributed by atoms with Gasteiger partial charge in [0, 0.05) is 9.35 Å². The molecular formula is C20H21BrN2O4S2. The van der Waals surface area contributed by atoms with Crippen molar-refractivity contribution in [3.8, 4) is 5.75 Å². The number of hydrogen-bond acceptors (Lipinski definition) is 6. The van der Waals surface area contributed by atoms with Gasteiger partial charge in [0.25, 0.3) is 5.91 Å². The summed E-state index contributed by atoms with van der Waals surface area (Å²) in [7, 11) is 0. The number of ether oxygens (including phenoxy) is 2. The first kappa shape index (κ1) is 21.7. The smallest absolute Gasteiger partial charge is 0.341 e. The highest BCUT2D eigenvalue weighted by molar-refractivity contribution is 9.10. The third-order valence-corrected chi connectivity index (χ3v) is 6.25. The van der Waals surface area contributed by atoms with Gasteiger partial charge in [-0.1, -0.05) is 15.9 Å². The first-order valence-corrected chi connectivity index (χ1v) is 11.3. The van der Waals surface area contributed by atoms with Crippen molar-refractivity contribution in [3.05, 3.63) is 44.2 Å². The second kappa shape index (κ2) is 9.69. The van der Waals surface area contributed by atoms with Crippen molar-refractivity contribution in [2.24, 2.45) is 0 Å². The Morgan fingerprint density at radius 2 is 2.03 bits per heavy atom. The molecule has 0 saturated heterocycles. The first-order valence-electron chi connectivity index (χ1n) is 9.30. The van der Waals surface area contributed by atoms with E-state index in [4.69, 9.17) is 21.7 Å². The largest absolute Gasteiger partial charge is 0.493 e. The van der Waals surface area contributed by atoms with Gasteiger partial charge in [-0.25, -0.2) is 4.79 Å². The van der Waals surface area contributed by atoms with Crippen LogP contribution in [0, 0.1) is 0 Å². The number of hydrogen-bond donors (Lipinski definition) is 2. The Hall–Kier alpha value is -1.97. The Bertz CT molecular complexity index is 958. The summed E-state index contributed by atoms with van der Waals surface area (Å²) in [6, 6.07) is 5.20. The van der Waals surface area contributed by atoms with Crippen LogP contribution in [0.5, 0.6) is 5.75 Å². The van der Waals surface area contributed by atoms with Gasteiger partial charge in [0.15, 0.2) is 5.11 Å². The van der Waals surface area contributed by atoms with E-state index >= 15 is 0 Å². The van der Waals surface area contributed by atoms with Crippen molar-refractivity contribution in [1.82, 2.24) is 5.32 Å². The minimum absolute atomic E-state index is 0.114. The van der Waals surface area contributed by atoms with E-state index < -0.39 is 5.91 Å². The number of benzene rings is 1. The lowest BCUT2D eigenvalue weighted by Crippen LogP contribution is -2.34. The molecule has 1 aromatic carbocycles. The van der Waals surface area contributed by atoms with Gasteiger partial charge in [0.2, 0.25) is 0 Å². The fourth-order valence-electron chi connectivity index (χ4n) is 3.18. The van der Waals surface area contributed by atoms with E-state index in [-0.39, 0.29) is 11.1 Å². The van der Waals surface area contributed by atoms with Crippen molar-refractivity contribution in [2.45, 2.75) is 33.1 Å². The van der Waals surface area contributed by atoms with E-state index in [1.807, 2.05) is 6.92 Å². The van der Waals surface area contributed by atoms with Crippen molar-refractivity contribution in [2.75, 3.05) is 18.5 Å². The van der Waals surface area contributed by atoms with Gasteiger partial charge in [-0.05, 0) is 69.1 Å². The molecule has 154 valence electrons. The second-order valence-corrected chi connectivity index (χ2v) is 8.69. The van der Waals surface area contributed by atoms with E-state index in [9.17, 15) is 9.59 Å². The Balaban J connectivity index is 1.77. The maximum Gasteiger partial charge on any atom is 0.341 e. The highest BCUT2D eigenvalue weighted by atomic mass is 79.9. The molecule has 0 fully saturated rings. The number of anilines is 1. The minimum atomic E-state index is -0.394. The molecule has 0 aliphatic heterocycles. The zero-order valence-corrected chi connectivity index (χ0v) is 19.3. The molecular weight excluding hydrogens is 476 g/mol. The molecule has 29 heavy (non-hydrogen) atoms. The SMILES string of the molecule is CCOC(=O)c1c(NC(=S)NC(=O)c2cc(Br)ccc2OCC)sc2c1CCC2. The Morgan fingerprint density at radius 3 is 2.76 bits per heavy atom. The van der Waals surface area contributed by atoms with E-state index in [0.717, 1.165) is 34.2 Å². The molecule has 2 N–H and O–H groups in total. The van der Waals surface area contributed by atoms with Crippen LogP contribution in [0.15, 0.2) is 22.7 Å². The molecule has 6 nitrogen and oxygen atoms in total. The van der Waals surface area contributed by atoms with Crippen LogP contribution in [0.1, 0.15) is 51.4 Å². The maximum absolute atomic E-state index is 12.7. The highest BCUT2D eigenvalue weighted by Crippen LogP contribution is 2.39. The molecule has 0 spiro atoms. The lowest BCUT2D eigenvalue weighted by Gasteiger charge is -2.13. The average Bonchev–Trinajstić information content (AvgIpc) is 3.24. The van der Waals surface area contributed by atoms with Gasteiger partial charge in [-0.3, -0.25) is 10.1 Å². The lowest BCUT2D eigenvalue weighted by molar-refractivity contribution is 0.0527. The fourth-order valence-corrected chi connectivity index (χ4v) is 5.08. The molecule has 0 radical (unpaired) electrons. The number of esters is 1. The molecule has 1 amide bonds. The third kappa shape index (κ3) is 4.96. The second-order valence-electron chi connectivity index (χ2n) is 6.26. The summed E-state index contributed by atoms with van der Waals surface area (Å²) in [5.74, 6) is -0.290.